The molecule has 1 unspecified atom stereocenters. The highest BCUT2D eigenvalue weighted by Crippen LogP contribution is 2.10. The number of carbonyl (C=O) groups excluding carboxylic acids is 1. The first-order chi connectivity index (χ1) is 8.80. The molecule has 1 aromatic rings. The van der Waals surface area contributed by atoms with Crippen molar-refractivity contribution < 1.29 is 14.6 Å². The molecule has 0 aromatic heterocycles. The van der Waals surface area contributed by atoms with Crippen molar-refractivity contribution in [1.82, 2.24) is 5.32 Å². The zero-order chi connectivity index (χ0) is 14.5. The van der Waals surface area contributed by atoms with E-state index in [4.69, 9.17) is 4.74 Å². The Labute approximate surface area is 127 Å². The minimum Gasteiger partial charge on any atom is -0.444 e. The van der Waals surface area contributed by atoms with E-state index >= 15 is 0 Å². The fourth-order valence-electron chi connectivity index (χ4n) is 1.54. The molecule has 4 nitrogen and oxygen atoms in total. The van der Waals surface area contributed by atoms with E-state index in [0.29, 0.717) is 6.42 Å². The molecule has 1 aromatic carbocycles. The standard InChI is InChI=1S/C14H20INO3/c1-14(2,3)19-13(18)16-12(9-17)8-10-4-6-11(15)7-5-10/h4-7,12,17H,8-9H2,1-3H3,(H,16,18). The van der Waals surface area contributed by atoms with Crippen LogP contribution in [0.15, 0.2) is 24.3 Å². The van der Waals surface area contributed by atoms with Gasteiger partial charge < -0.3 is 15.2 Å². The lowest BCUT2D eigenvalue weighted by molar-refractivity contribution is 0.0483. The maximum Gasteiger partial charge on any atom is 0.407 e. The highest BCUT2D eigenvalue weighted by Gasteiger charge is 2.19. The first kappa shape index (κ1) is 16.2. The molecule has 0 spiro atoms. The summed E-state index contributed by atoms with van der Waals surface area (Å²) < 4.78 is 6.32. The molecule has 1 amide bonds. The summed E-state index contributed by atoms with van der Waals surface area (Å²) in [5, 5.41) is 12.0. The van der Waals surface area contributed by atoms with Crippen LogP contribution in [-0.2, 0) is 11.2 Å². The minimum absolute atomic E-state index is 0.120. The Hall–Kier alpha value is -0.820. The summed E-state index contributed by atoms with van der Waals surface area (Å²) in [7, 11) is 0. The Morgan fingerprint density at radius 2 is 1.95 bits per heavy atom. The van der Waals surface area contributed by atoms with Crippen molar-refractivity contribution >= 4 is 28.7 Å². The zero-order valence-electron chi connectivity index (χ0n) is 11.4. The summed E-state index contributed by atoms with van der Waals surface area (Å²) in [6.45, 7) is 5.30. The average Bonchev–Trinajstić information content (AvgIpc) is 2.28. The van der Waals surface area contributed by atoms with Crippen molar-refractivity contribution in [1.29, 1.82) is 0 Å². The third-order valence-electron chi connectivity index (χ3n) is 2.34. The van der Waals surface area contributed by atoms with Crippen LogP contribution in [0, 0.1) is 3.57 Å². The topological polar surface area (TPSA) is 58.6 Å². The van der Waals surface area contributed by atoms with E-state index in [2.05, 4.69) is 27.9 Å². The lowest BCUT2D eigenvalue weighted by atomic mass is 10.1. The fourth-order valence-corrected chi connectivity index (χ4v) is 1.90. The molecule has 1 rings (SSSR count). The van der Waals surface area contributed by atoms with Gasteiger partial charge >= 0.3 is 6.09 Å². The molecular weight excluding hydrogens is 357 g/mol. The third kappa shape index (κ3) is 6.77. The number of nitrogens with one attached hydrogen (secondary N) is 1. The Kier molecular flexibility index (Phi) is 6.06. The van der Waals surface area contributed by atoms with Gasteiger partial charge in [-0.2, -0.15) is 0 Å². The van der Waals surface area contributed by atoms with Crippen molar-refractivity contribution in [2.24, 2.45) is 0 Å². The van der Waals surface area contributed by atoms with E-state index in [9.17, 15) is 9.90 Å². The number of amides is 1. The molecule has 0 bridgehead atoms. The molecule has 0 fully saturated rings. The maximum atomic E-state index is 11.6. The van der Waals surface area contributed by atoms with Crippen molar-refractivity contribution in [2.45, 2.75) is 38.8 Å². The van der Waals surface area contributed by atoms with Gasteiger partial charge in [-0.25, -0.2) is 4.79 Å². The lowest BCUT2D eigenvalue weighted by Crippen LogP contribution is -2.42. The van der Waals surface area contributed by atoms with Gasteiger partial charge in [0.25, 0.3) is 0 Å². The number of benzene rings is 1. The van der Waals surface area contributed by atoms with Gasteiger partial charge in [0.15, 0.2) is 0 Å². The van der Waals surface area contributed by atoms with Gasteiger partial charge in [0, 0.05) is 3.57 Å². The van der Waals surface area contributed by atoms with Crippen LogP contribution in [0.1, 0.15) is 26.3 Å². The average molecular weight is 377 g/mol. The smallest absolute Gasteiger partial charge is 0.407 e. The molecule has 5 heteroatoms. The number of hydrogen-bond donors (Lipinski definition) is 2. The van der Waals surface area contributed by atoms with Gasteiger partial charge in [-0.05, 0) is 67.5 Å². The van der Waals surface area contributed by atoms with Crippen LogP contribution in [0.25, 0.3) is 0 Å². The second-order valence-electron chi connectivity index (χ2n) is 5.36. The number of rotatable bonds is 4. The number of aliphatic hydroxyl groups excluding tert-OH is 1. The Morgan fingerprint density at radius 1 is 1.37 bits per heavy atom. The summed E-state index contributed by atoms with van der Waals surface area (Å²) in [4.78, 5) is 11.6. The lowest BCUT2D eigenvalue weighted by Gasteiger charge is -2.22. The number of carbonyl (C=O) groups is 1. The van der Waals surface area contributed by atoms with Crippen LogP contribution in [0.5, 0.6) is 0 Å². The van der Waals surface area contributed by atoms with E-state index in [0.717, 1.165) is 9.13 Å². The van der Waals surface area contributed by atoms with Crippen LogP contribution in [0.2, 0.25) is 0 Å². The molecule has 1 atom stereocenters. The van der Waals surface area contributed by atoms with Gasteiger partial charge in [0.05, 0.1) is 12.6 Å². The fraction of sp³-hybridized carbons (Fsp3) is 0.500. The molecule has 0 saturated heterocycles. The molecule has 0 saturated carbocycles. The van der Waals surface area contributed by atoms with Crippen molar-refractivity contribution in [3.63, 3.8) is 0 Å². The molecule has 0 heterocycles. The monoisotopic (exact) mass is 377 g/mol. The Morgan fingerprint density at radius 3 is 2.42 bits per heavy atom. The first-order valence-corrected chi connectivity index (χ1v) is 7.23. The van der Waals surface area contributed by atoms with E-state index in [1.807, 2.05) is 24.3 Å². The first-order valence-electron chi connectivity index (χ1n) is 6.15. The predicted molar refractivity (Wildman–Crippen MR) is 83.1 cm³/mol. The Bertz CT molecular complexity index is 412. The number of hydrogen-bond acceptors (Lipinski definition) is 3. The predicted octanol–water partition coefficient (Wildman–Crippen LogP) is 2.72. The van der Waals surface area contributed by atoms with Crippen LogP contribution in [-0.4, -0.2) is 29.4 Å². The summed E-state index contributed by atoms with van der Waals surface area (Å²) in [6.07, 6.45) is 0.0733. The number of halogens is 1. The molecule has 0 radical (unpaired) electrons. The highest BCUT2D eigenvalue weighted by molar-refractivity contribution is 14.1. The van der Waals surface area contributed by atoms with Crippen molar-refractivity contribution in [3.05, 3.63) is 33.4 Å². The normalized spacial score (nSPS) is 12.9. The molecule has 19 heavy (non-hydrogen) atoms. The van der Waals surface area contributed by atoms with Gasteiger partial charge in [-0.15, -0.1) is 0 Å². The Balaban J connectivity index is 2.54. The maximum absolute atomic E-state index is 11.6. The molecule has 106 valence electrons. The molecule has 0 aliphatic rings. The third-order valence-corrected chi connectivity index (χ3v) is 3.06. The van der Waals surface area contributed by atoms with Crippen LogP contribution >= 0.6 is 22.6 Å². The number of alkyl carbamates (subject to hydrolysis) is 1. The van der Waals surface area contributed by atoms with Gasteiger partial charge in [-0.1, -0.05) is 12.1 Å². The summed E-state index contributed by atoms with van der Waals surface area (Å²) in [6, 6.07) is 7.63. The summed E-state index contributed by atoms with van der Waals surface area (Å²) >= 11 is 2.23. The van der Waals surface area contributed by atoms with Crippen LogP contribution in [0.3, 0.4) is 0 Å². The summed E-state index contributed by atoms with van der Waals surface area (Å²) in [5.41, 5.74) is 0.531. The number of ether oxygens (including phenoxy) is 1. The molecular formula is C14H20INO3. The van der Waals surface area contributed by atoms with E-state index < -0.39 is 11.7 Å². The molecule has 0 aliphatic heterocycles. The van der Waals surface area contributed by atoms with Gasteiger partial charge in [0.1, 0.15) is 5.60 Å². The number of aliphatic hydroxyl groups is 1. The van der Waals surface area contributed by atoms with Gasteiger partial charge in [-0.3, -0.25) is 0 Å². The highest BCUT2D eigenvalue weighted by atomic mass is 127. The largest absolute Gasteiger partial charge is 0.444 e. The van der Waals surface area contributed by atoms with Crippen LogP contribution in [0.4, 0.5) is 4.79 Å². The molecule has 0 aliphatic carbocycles. The van der Waals surface area contributed by atoms with E-state index in [1.54, 1.807) is 20.8 Å². The second-order valence-corrected chi connectivity index (χ2v) is 6.60. The minimum atomic E-state index is -0.535. The van der Waals surface area contributed by atoms with Crippen molar-refractivity contribution in [2.75, 3.05) is 6.61 Å². The summed E-state index contributed by atoms with van der Waals surface area (Å²) in [5.74, 6) is 0. The van der Waals surface area contributed by atoms with Gasteiger partial charge in [0.2, 0.25) is 0 Å². The van der Waals surface area contributed by atoms with E-state index in [-0.39, 0.29) is 12.6 Å². The quantitative estimate of drug-likeness (QED) is 0.794. The zero-order valence-corrected chi connectivity index (χ0v) is 13.6. The van der Waals surface area contributed by atoms with E-state index in [1.165, 1.54) is 0 Å². The molecule has 2 N–H and O–H groups in total. The SMILES string of the molecule is CC(C)(C)OC(=O)NC(CO)Cc1ccc(I)cc1. The van der Waals surface area contributed by atoms with Crippen LogP contribution < -0.4 is 5.32 Å². The second kappa shape index (κ2) is 7.09. The van der Waals surface area contributed by atoms with Crippen molar-refractivity contribution in [3.8, 4) is 0 Å².